The minimum absolute atomic E-state index is 0.0851. The SMILES string of the molecule is O=C(Nc1cc(C(F)(F)F)ccc1Br)c1ccccc1F. The van der Waals surface area contributed by atoms with Crippen molar-refractivity contribution in [2.45, 2.75) is 6.18 Å². The lowest BCUT2D eigenvalue weighted by molar-refractivity contribution is -0.137. The first-order valence-corrected chi connectivity index (χ1v) is 6.51. The molecule has 0 heterocycles. The van der Waals surface area contributed by atoms with E-state index in [-0.39, 0.29) is 15.7 Å². The van der Waals surface area contributed by atoms with Crippen molar-refractivity contribution in [2.75, 3.05) is 5.32 Å². The highest BCUT2D eigenvalue weighted by molar-refractivity contribution is 9.10. The molecule has 0 spiro atoms. The summed E-state index contributed by atoms with van der Waals surface area (Å²) >= 11 is 3.04. The van der Waals surface area contributed by atoms with Crippen LogP contribution >= 0.6 is 15.9 Å². The Balaban J connectivity index is 2.31. The summed E-state index contributed by atoms with van der Waals surface area (Å²) in [5, 5.41) is 2.25. The van der Waals surface area contributed by atoms with Crippen LogP contribution in [0.3, 0.4) is 0 Å². The number of anilines is 1. The molecule has 1 N–H and O–H groups in total. The van der Waals surface area contributed by atoms with Crippen molar-refractivity contribution in [1.82, 2.24) is 0 Å². The van der Waals surface area contributed by atoms with Gasteiger partial charge in [0.2, 0.25) is 0 Å². The zero-order chi connectivity index (χ0) is 15.6. The van der Waals surface area contributed by atoms with Crippen LogP contribution in [0.25, 0.3) is 0 Å². The van der Waals surface area contributed by atoms with E-state index in [9.17, 15) is 22.4 Å². The average molecular weight is 362 g/mol. The second-order valence-electron chi connectivity index (χ2n) is 4.13. The van der Waals surface area contributed by atoms with Gasteiger partial charge in [0.15, 0.2) is 0 Å². The Morgan fingerprint density at radius 1 is 1.10 bits per heavy atom. The number of rotatable bonds is 2. The number of halogens is 5. The van der Waals surface area contributed by atoms with Crippen molar-refractivity contribution in [3.8, 4) is 0 Å². The third-order valence-corrected chi connectivity index (χ3v) is 3.35. The topological polar surface area (TPSA) is 29.1 Å². The van der Waals surface area contributed by atoms with Gasteiger partial charge in [0.05, 0.1) is 16.8 Å². The Morgan fingerprint density at radius 2 is 1.76 bits per heavy atom. The van der Waals surface area contributed by atoms with Gasteiger partial charge < -0.3 is 5.32 Å². The minimum Gasteiger partial charge on any atom is -0.321 e. The third kappa shape index (κ3) is 3.60. The number of nitrogens with one attached hydrogen (secondary N) is 1. The molecule has 110 valence electrons. The Morgan fingerprint density at radius 3 is 2.38 bits per heavy atom. The Bertz CT molecular complexity index is 685. The van der Waals surface area contributed by atoms with Gasteiger partial charge >= 0.3 is 6.18 Å². The van der Waals surface area contributed by atoms with Crippen molar-refractivity contribution in [3.63, 3.8) is 0 Å². The van der Waals surface area contributed by atoms with Crippen molar-refractivity contribution < 1.29 is 22.4 Å². The first-order chi connectivity index (χ1) is 9.79. The standard InChI is InChI=1S/C14H8BrF4NO/c15-10-6-5-8(14(17,18)19)7-12(10)20-13(21)9-3-1-2-4-11(9)16/h1-7H,(H,20,21). The molecule has 0 aliphatic rings. The predicted molar refractivity (Wildman–Crippen MR) is 73.5 cm³/mol. The normalized spacial score (nSPS) is 11.3. The summed E-state index contributed by atoms with van der Waals surface area (Å²) in [7, 11) is 0. The van der Waals surface area contributed by atoms with E-state index < -0.39 is 23.5 Å². The van der Waals surface area contributed by atoms with Gasteiger partial charge in [-0.2, -0.15) is 13.2 Å². The van der Waals surface area contributed by atoms with Crippen LogP contribution in [0.4, 0.5) is 23.2 Å². The Hall–Kier alpha value is -1.89. The molecule has 0 aromatic heterocycles. The molecule has 2 nitrogen and oxygen atoms in total. The van der Waals surface area contributed by atoms with E-state index in [1.54, 1.807) is 0 Å². The van der Waals surface area contributed by atoms with Gasteiger partial charge in [-0.25, -0.2) is 4.39 Å². The zero-order valence-electron chi connectivity index (χ0n) is 10.3. The van der Waals surface area contributed by atoms with E-state index in [4.69, 9.17) is 0 Å². The van der Waals surface area contributed by atoms with Crippen LogP contribution in [0.1, 0.15) is 15.9 Å². The molecule has 2 rings (SSSR count). The van der Waals surface area contributed by atoms with Crippen molar-refractivity contribution in [1.29, 1.82) is 0 Å². The summed E-state index contributed by atoms with van der Waals surface area (Å²) in [6, 6.07) is 8.03. The van der Waals surface area contributed by atoms with Crippen LogP contribution in [0.2, 0.25) is 0 Å². The highest BCUT2D eigenvalue weighted by atomic mass is 79.9. The second kappa shape index (κ2) is 5.85. The maximum atomic E-state index is 13.5. The maximum absolute atomic E-state index is 13.5. The lowest BCUT2D eigenvalue weighted by Gasteiger charge is -2.12. The number of carbonyl (C=O) groups excluding carboxylic acids is 1. The molecule has 0 bridgehead atoms. The number of hydrogen-bond acceptors (Lipinski definition) is 1. The Labute approximate surface area is 125 Å². The van der Waals surface area contributed by atoms with Gasteiger partial charge in [0.1, 0.15) is 5.82 Å². The lowest BCUT2D eigenvalue weighted by atomic mass is 10.1. The Kier molecular flexibility index (Phi) is 4.32. The molecule has 0 unspecified atom stereocenters. The molecule has 0 aliphatic heterocycles. The van der Waals surface area contributed by atoms with Crippen LogP contribution in [-0.4, -0.2) is 5.91 Å². The number of alkyl halides is 3. The highest BCUT2D eigenvalue weighted by Gasteiger charge is 2.31. The summed E-state index contributed by atoms with van der Waals surface area (Å²) in [4.78, 5) is 11.9. The first kappa shape index (κ1) is 15.5. The average Bonchev–Trinajstić information content (AvgIpc) is 2.40. The van der Waals surface area contributed by atoms with E-state index in [1.807, 2.05) is 0 Å². The van der Waals surface area contributed by atoms with E-state index in [0.29, 0.717) is 0 Å². The van der Waals surface area contributed by atoms with Crippen LogP contribution in [-0.2, 0) is 6.18 Å². The number of hydrogen-bond donors (Lipinski definition) is 1. The fraction of sp³-hybridized carbons (Fsp3) is 0.0714. The molecule has 7 heteroatoms. The van der Waals surface area contributed by atoms with Crippen LogP contribution in [0, 0.1) is 5.82 Å². The molecule has 0 saturated heterocycles. The van der Waals surface area contributed by atoms with Crippen LogP contribution in [0.15, 0.2) is 46.9 Å². The molecule has 0 aliphatic carbocycles. The monoisotopic (exact) mass is 361 g/mol. The van der Waals surface area contributed by atoms with Crippen LogP contribution in [0.5, 0.6) is 0 Å². The van der Waals surface area contributed by atoms with Crippen LogP contribution < -0.4 is 5.32 Å². The number of amides is 1. The smallest absolute Gasteiger partial charge is 0.321 e. The third-order valence-electron chi connectivity index (χ3n) is 2.66. The van der Waals surface area contributed by atoms with E-state index >= 15 is 0 Å². The molecular weight excluding hydrogens is 354 g/mol. The molecule has 2 aromatic carbocycles. The highest BCUT2D eigenvalue weighted by Crippen LogP contribution is 2.34. The molecule has 2 aromatic rings. The van der Waals surface area contributed by atoms with E-state index in [1.165, 1.54) is 24.3 Å². The largest absolute Gasteiger partial charge is 0.416 e. The lowest BCUT2D eigenvalue weighted by Crippen LogP contribution is -2.15. The van der Waals surface area contributed by atoms with Gasteiger partial charge in [0, 0.05) is 4.47 Å². The van der Waals surface area contributed by atoms with E-state index in [2.05, 4.69) is 21.2 Å². The number of benzene rings is 2. The van der Waals surface area contributed by atoms with Gasteiger partial charge in [-0.3, -0.25) is 4.79 Å². The molecule has 0 atom stereocenters. The quantitative estimate of drug-likeness (QED) is 0.760. The second-order valence-corrected chi connectivity index (χ2v) is 4.98. The molecule has 21 heavy (non-hydrogen) atoms. The van der Waals surface area contributed by atoms with Gasteiger partial charge in [-0.05, 0) is 46.3 Å². The van der Waals surface area contributed by atoms with Crippen molar-refractivity contribution in [2.24, 2.45) is 0 Å². The first-order valence-electron chi connectivity index (χ1n) is 5.71. The van der Waals surface area contributed by atoms with Crippen molar-refractivity contribution in [3.05, 3.63) is 63.9 Å². The summed E-state index contributed by atoms with van der Waals surface area (Å²) < 4.78 is 51.6. The zero-order valence-corrected chi connectivity index (χ0v) is 11.9. The molecule has 0 saturated carbocycles. The van der Waals surface area contributed by atoms with E-state index in [0.717, 1.165) is 18.2 Å². The summed E-state index contributed by atoms with van der Waals surface area (Å²) in [5.74, 6) is -1.58. The molecule has 0 radical (unpaired) electrons. The van der Waals surface area contributed by atoms with Gasteiger partial charge in [-0.1, -0.05) is 12.1 Å². The maximum Gasteiger partial charge on any atom is 0.416 e. The van der Waals surface area contributed by atoms with Crippen molar-refractivity contribution >= 4 is 27.5 Å². The summed E-state index contributed by atoms with van der Waals surface area (Å²) in [6.45, 7) is 0. The minimum atomic E-state index is -4.53. The fourth-order valence-corrected chi connectivity index (χ4v) is 1.98. The molecule has 0 fully saturated rings. The number of carbonyl (C=O) groups is 1. The fourth-order valence-electron chi connectivity index (χ4n) is 1.63. The molecule has 1 amide bonds. The predicted octanol–water partition coefficient (Wildman–Crippen LogP) is 4.86. The van der Waals surface area contributed by atoms with Gasteiger partial charge in [0.25, 0.3) is 5.91 Å². The van der Waals surface area contributed by atoms with Gasteiger partial charge in [-0.15, -0.1) is 0 Å². The summed E-state index contributed by atoms with van der Waals surface area (Å²) in [5.41, 5.74) is -1.24. The molecular formula is C14H8BrF4NO. The summed E-state index contributed by atoms with van der Waals surface area (Å²) in [6.07, 6.45) is -4.53.